The molecule has 11 rings (SSSR count). The minimum Gasteiger partial charge on any atom is -0.494 e. The number of nitrogens with zero attached hydrogens (tertiary/aromatic N) is 8. The number of carbonyl (C=O) groups is 4. The van der Waals surface area contributed by atoms with E-state index in [1.807, 2.05) is 74.0 Å². The number of amides is 4. The highest BCUT2D eigenvalue weighted by molar-refractivity contribution is 9.10. The number of fused-ring (bicyclic) bond motifs is 1. The number of piperazine rings is 1. The molecular weight excluding hydrogens is 1010 g/mol. The first-order valence-corrected chi connectivity index (χ1v) is 28.2. The standard InChI is InChI=1S/C54H57BrN11O6P/c1-62-32-35(30-57-62)39-26-43(59-53-56-31-41(55)49(61-53)58-42-13-10-34(24-47(42)73(3,4)71)33-8-6-5-7-9-33)46(72-2)27-45(39)65-22-20-64(21-23-65)37-28-54(29-37)16-18-63(19-17-54)36-11-12-38-40(25-36)52(70)66(51(38)69)44-14-15-48(67)60-50(44)68/h5-13,24-27,30-32,37,44H,14-23,28-29H2,1-4H3,(H,60,67,68)(H2,56,58,59,61). The molecule has 4 amide bonds. The van der Waals surface area contributed by atoms with E-state index in [0.29, 0.717) is 50.5 Å². The van der Waals surface area contributed by atoms with Crippen LogP contribution in [0.25, 0.3) is 22.3 Å². The van der Waals surface area contributed by atoms with Crippen molar-refractivity contribution < 1.29 is 28.5 Å². The number of ether oxygens (including phenoxy) is 1. The number of rotatable bonds is 12. The Morgan fingerprint density at radius 1 is 0.781 bits per heavy atom. The second-order valence-corrected chi connectivity index (χ2v) is 24.3. The molecule has 0 bridgehead atoms. The number of halogens is 1. The zero-order chi connectivity index (χ0) is 50.8. The zero-order valence-corrected chi connectivity index (χ0v) is 43.7. The van der Waals surface area contributed by atoms with E-state index in [4.69, 9.17) is 9.72 Å². The molecule has 19 heteroatoms. The van der Waals surface area contributed by atoms with Gasteiger partial charge in [0, 0.05) is 105 Å². The zero-order valence-electron chi connectivity index (χ0n) is 41.2. The van der Waals surface area contributed by atoms with Crippen LogP contribution in [0.15, 0.2) is 102 Å². The van der Waals surface area contributed by atoms with Crippen LogP contribution in [-0.4, -0.2) is 125 Å². The van der Waals surface area contributed by atoms with Gasteiger partial charge in [0.25, 0.3) is 11.8 Å². The van der Waals surface area contributed by atoms with Crippen molar-refractivity contribution in [2.75, 3.05) is 80.1 Å². The lowest BCUT2D eigenvalue weighted by Crippen LogP contribution is -2.59. The summed E-state index contributed by atoms with van der Waals surface area (Å²) in [4.78, 5) is 69.0. The van der Waals surface area contributed by atoms with Gasteiger partial charge in [-0.05, 0) is 114 Å². The molecule has 3 saturated heterocycles. The van der Waals surface area contributed by atoms with Crippen LogP contribution in [0.2, 0.25) is 0 Å². The lowest BCUT2D eigenvalue weighted by molar-refractivity contribution is -0.136. The highest BCUT2D eigenvalue weighted by Crippen LogP contribution is 2.52. The summed E-state index contributed by atoms with van der Waals surface area (Å²) in [5, 5.41) is 14.4. The van der Waals surface area contributed by atoms with Gasteiger partial charge in [-0.1, -0.05) is 36.4 Å². The molecule has 376 valence electrons. The fourth-order valence-corrected chi connectivity index (χ4v) is 12.8. The van der Waals surface area contributed by atoms with Gasteiger partial charge in [0.2, 0.25) is 17.8 Å². The average Bonchev–Trinajstić information content (AvgIpc) is 3.92. The molecule has 1 atom stereocenters. The Hall–Kier alpha value is -6.88. The fraction of sp³-hybridized carbons (Fsp3) is 0.352. The van der Waals surface area contributed by atoms with E-state index < -0.39 is 36.8 Å². The molecule has 4 aliphatic heterocycles. The maximum Gasteiger partial charge on any atom is 0.262 e. The Bertz CT molecular complexity index is 3230. The molecule has 5 aliphatic rings. The summed E-state index contributed by atoms with van der Waals surface area (Å²) in [5.74, 6) is -0.455. The number of carbonyl (C=O) groups excluding carboxylic acids is 4. The lowest BCUT2D eigenvalue weighted by atomic mass is 9.60. The third-order valence-corrected chi connectivity index (χ3v) is 17.5. The maximum atomic E-state index is 13.7. The van der Waals surface area contributed by atoms with Gasteiger partial charge < -0.3 is 29.7 Å². The topological polar surface area (TPSA) is 187 Å². The van der Waals surface area contributed by atoms with Gasteiger partial charge in [0.05, 0.1) is 40.3 Å². The quantitative estimate of drug-likeness (QED) is 0.0790. The Kier molecular flexibility index (Phi) is 12.7. The van der Waals surface area contributed by atoms with Gasteiger partial charge in [-0.2, -0.15) is 10.1 Å². The van der Waals surface area contributed by atoms with Gasteiger partial charge in [-0.3, -0.25) is 39.0 Å². The number of hydrogen-bond donors (Lipinski definition) is 3. The number of benzene rings is 4. The summed E-state index contributed by atoms with van der Waals surface area (Å²) < 4.78 is 22.2. The minimum atomic E-state index is -2.71. The van der Waals surface area contributed by atoms with Crippen LogP contribution in [0, 0.1) is 5.41 Å². The molecule has 73 heavy (non-hydrogen) atoms. The summed E-state index contributed by atoms with van der Waals surface area (Å²) in [6.45, 7) is 8.84. The number of imide groups is 2. The van der Waals surface area contributed by atoms with Crippen LogP contribution in [-0.2, 0) is 21.2 Å². The van der Waals surface area contributed by atoms with E-state index in [1.54, 1.807) is 43.5 Å². The van der Waals surface area contributed by atoms with Crippen LogP contribution in [0.4, 0.5) is 34.5 Å². The Morgan fingerprint density at radius 2 is 1.53 bits per heavy atom. The third kappa shape index (κ3) is 9.40. The molecular formula is C54H57BrN11O6P. The van der Waals surface area contributed by atoms with Crippen molar-refractivity contribution in [2.24, 2.45) is 12.5 Å². The van der Waals surface area contributed by atoms with Crippen LogP contribution in [0.5, 0.6) is 5.75 Å². The normalized spacial score (nSPS) is 19.2. The highest BCUT2D eigenvalue weighted by Gasteiger charge is 2.49. The first-order valence-electron chi connectivity index (χ1n) is 24.8. The number of anilines is 6. The van der Waals surface area contributed by atoms with E-state index in [9.17, 15) is 23.7 Å². The molecule has 1 unspecified atom stereocenters. The molecule has 0 radical (unpaired) electrons. The van der Waals surface area contributed by atoms with Crippen molar-refractivity contribution in [3.63, 3.8) is 0 Å². The number of hydrogen-bond acceptors (Lipinski definition) is 14. The number of aromatic nitrogens is 4. The van der Waals surface area contributed by atoms with E-state index in [2.05, 4.69) is 68.8 Å². The number of nitrogens with one attached hydrogen (secondary N) is 3. The van der Waals surface area contributed by atoms with Crippen molar-refractivity contribution in [3.05, 3.63) is 113 Å². The van der Waals surface area contributed by atoms with Crippen molar-refractivity contribution >= 4 is 86.5 Å². The van der Waals surface area contributed by atoms with Gasteiger partial charge in [0.15, 0.2) is 0 Å². The largest absolute Gasteiger partial charge is 0.494 e. The first-order chi connectivity index (χ1) is 35.1. The van der Waals surface area contributed by atoms with Crippen molar-refractivity contribution in [1.29, 1.82) is 0 Å². The second-order valence-electron chi connectivity index (χ2n) is 20.3. The first kappa shape index (κ1) is 48.4. The Balaban J connectivity index is 0.741. The third-order valence-electron chi connectivity index (χ3n) is 15.4. The Morgan fingerprint density at radius 3 is 2.23 bits per heavy atom. The summed E-state index contributed by atoms with van der Waals surface area (Å²) >= 11 is 3.64. The van der Waals surface area contributed by atoms with E-state index in [1.165, 1.54) is 0 Å². The summed E-state index contributed by atoms with van der Waals surface area (Å²) in [5.41, 5.74) is 8.27. The minimum absolute atomic E-state index is 0.0887. The Labute approximate surface area is 432 Å². The molecule has 17 nitrogen and oxygen atoms in total. The van der Waals surface area contributed by atoms with Gasteiger partial charge in [-0.15, -0.1) is 0 Å². The van der Waals surface area contributed by atoms with Crippen LogP contribution in [0.3, 0.4) is 0 Å². The van der Waals surface area contributed by atoms with Crippen LogP contribution < -0.4 is 35.8 Å². The number of aryl methyl sites for hydroxylation is 1. The lowest BCUT2D eigenvalue weighted by Gasteiger charge is -2.56. The molecule has 1 saturated carbocycles. The second kappa shape index (κ2) is 19.2. The predicted molar refractivity (Wildman–Crippen MR) is 286 cm³/mol. The van der Waals surface area contributed by atoms with Crippen LogP contribution in [0.1, 0.15) is 59.2 Å². The van der Waals surface area contributed by atoms with Crippen LogP contribution >= 0.6 is 23.1 Å². The van der Waals surface area contributed by atoms with E-state index >= 15 is 0 Å². The molecule has 1 aliphatic carbocycles. The van der Waals surface area contributed by atoms with Gasteiger partial charge in [0.1, 0.15) is 24.8 Å². The fourth-order valence-electron chi connectivity index (χ4n) is 11.4. The molecule has 1 spiro atoms. The summed E-state index contributed by atoms with van der Waals surface area (Å²) in [6, 6.07) is 25.1. The van der Waals surface area contributed by atoms with E-state index in [-0.39, 0.29) is 18.3 Å². The molecule has 6 aromatic rings. The average molecular weight is 1070 g/mol. The molecule has 4 fully saturated rings. The number of methoxy groups -OCH3 is 1. The molecule has 2 aromatic heterocycles. The maximum absolute atomic E-state index is 13.7. The van der Waals surface area contributed by atoms with Gasteiger partial charge >= 0.3 is 0 Å². The molecule has 3 N–H and O–H groups in total. The summed E-state index contributed by atoms with van der Waals surface area (Å²) in [6.07, 6.45) is 10.2. The van der Waals surface area contributed by atoms with Crippen molar-refractivity contribution in [2.45, 2.75) is 50.6 Å². The number of piperidine rings is 2. The van der Waals surface area contributed by atoms with Crippen molar-refractivity contribution in [3.8, 4) is 28.0 Å². The smallest absolute Gasteiger partial charge is 0.262 e. The summed E-state index contributed by atoms with van der Waals surface area (Å²) in [7, 11) is 0.868. The monoisotopic (exact) mass is 1070 g/mol. The SMILES string of the molecule is COc1cc(N2CCN(C3CC4(CCN(c5ccc6c(c5)C(=O)N(C5CCC(=O)NC5=O)C6=O)CC4)C3)CC2)c(-c2cnn(C)c2)cc1Nc1ncc(Br)c(Nc2ccc(-c3ccccc3)cc2P(C)(C)=O)n1. The molecule has 6 heterocycles. The van der Waals surface area contributed by atoms with Crippen molar-refractivity contribution in [1.82, 2.24) is 34.9 Å². The highest BCUT2D eigenvalue weighted by atomic mass is 79.9. The molecule has 4 aromatic carbocycles. The predicted octanol–water partition coefficient (Wildman–Crippen LogP) is 8.02. The van der Waals surface area contributed by atoms with E-state index in [0.717, 1.165) is 109 Å². The van der Waals surface area contributed by atoms with Gasteiger partial charge in [-0.25, -0.2) is 4.98 Å².